The lowest BCUT2D eigenvalue weighted by molar-refractivity contribution is 0.149. The second-order valence-corrected chi connectivity index (χ2v) is 6.50. The van der Waals surface area contributed by atoms with Crippen LogP contribution in [-0.4, -0.2) is 17.6 Å². The summed E-state index contributed by atoms with van der Waals surface area (Å²) in [5.41, 5.74) is 0.960. The highest BCUT2D eigenvalue weighted by molar-refractivity contribution is 14.2. The van der Waals surface area contributed by atoms with E-state index in [4.69, 9.17) is 4.74 Å². The number of carbonyl (C=O) groups is 1. The van der Waals surface area contributed by atoms with Gasteiger partial charge in [0.1, 0.15) is 6.61 Å². The highest BCUT2D eigenvalue weighted by Gasteiger charge is 2.28. The summed E-state index contributed by atoms with van der Waals surface area (Å²) >= 11 is 2.22. The van der Waals surface area contributed by atoms with Gasteiger partial charge in [0.15, 0.2) is 0 Å². The molecule has 0 aromatic carbocycles. The molecule has 0 aromatic rings. The molecule has 0 aliphatic heterocycles. The molecular formula is C15H24INO2S. The van der Waals surface area contributed by atoms with E-state index in [0.717, 1.165) is 18.4 Å². The maximum Gasteiger partial charge on any atom is 0.408 e. The third-order valence-corrected chi connectivity index (χ3v) is 6.38. The van der Waals surface area contributed by atoms with Crippen LogP contribution < -0.4 is 5.32 Å². The van der Waals surface area contributed by atoms with E-state index in [1.54, 1.807) is 8.93 Å². The number of carbonyl (C=O) groups excluding carboxylic acids is 1. The van der Waals surface area contributed by atoms with Crippen molar-refractivity contribution in [1.82, 2.24) is 5.32 Å². The summed E-state index contributed by atoms with van der Waals surface area (Å²) < 4.78 is 5.29. The number of rotatable bonds is 8. The second-order valence-electron chi connectivity index (χ2n) is 4.25. The Morgan fingerprint density at radius 2 is 1.95 bits per heavy atom. The fourth-order valence-electron chi connectivity index (χ4n) is 1.51. The number of hydrogen-bond acceptors (Lipinski definition) is 3. The molecular weight excluding hydrogens is 385 g/mol. The topological polar surface area (TPSA) is 38.3 Å². The van der Waals surface area contributed by atoms with Gasteiger partial charge in [0.05, 0.1) is 4.87 Å². The molecule has 0 aliphatic rings. The second kappa shape index (κ2) is 11.3. The van der Waals surface area contributed by atoms with Crippen LogP contribution in [0.2, 0.25) is 0 Å². The Bertz CT molecular complexity index is 366. The third-order valence-electron chi connectivity index (χ3n) is 2.87. The molecule has 3 nitrogen and oxygen atoms in total. The van der Waals surface area contributed by atoms with Gasteiger partial charge in [0.25, 0.3) is 0 Å². The van der Waals surface area contributed by atoms with Crippen LogP contribution in [0.4, 0.5) is 4.79 Å². The number of nitrogens with one attached hydrogen (secondary N) is 1. The predicted octanol–water partition coefficient (Wildman–Crippen LogP) is 5.39. The molecule has 0 aliphatic carbocycles. The van der Waals surface area contributed by atoms with Crippen molar-refractivity contribution in [3.05, 3.63) is 36.0 Å². The molecule has 20 heavy (non-hydrogen) atoms. The Labute approximate surface area is 138 Å². The summed E-state index contributed by atoms with van der Waals surface area (Å²) in [6, 6.07) is 0. The van der Waals surface area contributed by atoms with Crippen LogP contribution in [0.15, 0.2) is 36.0 Å². The molecule has 0 aromatic heterocycles. The molecule has 0 unspecified atom stereocenters. The number of alkyl carbamates (subject to hydrolysis) is 1. The first kappa shape index (κ1) is 19.6. The normalized spacial score (nSPS) is 13.2. The minimum atomic E-state index is -0.367. The molecule has 0 rings (SSSR count). The Kier molecular flexibility index (Phi) is 11.0. The maximum atomic E-state index is 11.9. The molecule has 0 saturated carbocycles. The summed E-state index contributed by atoms with van der Waals surface area (Å²) in [6.45, 7) is 8.29. The number of amides is 1. The number of allylic oxidation sites excluding steroid dienone is 4. The number of ether oxygens (including phenoxy) is 1. The van der Waals surface area contributed by atoms with Crippen molar-refractivity contribution in [2.45, 2.75) is 45.4 Å². The van der Waals surface area contributed by atoms with Gasteiger partial charge in [-0.25, -0.2) is 4.79 Å². The van der Waals surface area contributed by atoms with Gasteiger partial charge in [0.2, 0.25) is 0 Å². The number of hydrogen-bond donors (Lipinski definition) is 1. The van der Waals surface area contributed by atoms with Gasteiger partial charge in [-0.1, -0.05) is 53.2 Å². The maximum absolute atomic E-state index is 11.9. The van der Waals surface area contributed by atoms with E-state index in [0.29, 0.717) is 0 Å². The van der Waals surface area contributed by atoms with E-state index >= 15 is 0 Å². The Morgan fingerprint density at radius 1 is 1.30 bits per heavy atom. The minimum absolute atomic E-state index is 0.245. The zero-order valence-corrected chi connectivity index (χ0v) is 15.6. The Hall–Kier alpha value is -0.430. The van der Waals surface area contributed by atoms with Gasteiger partial charge in [-0.05, 0) is 53.5 Å². The molecule has 0 fully saturated rings. The van der Waals surface area contributed by atoms with Gasteiger partial charge in [-0.3, -0.25) is 0 Å². The van der Waals surface area contributed by atoms with Crippen molar-refractivity contribution < 1.29 is 9.53 Å². The predicted molar refractivity (Wildman–Crippen MR) is 97.1 cm³/mol. The van der Waals surface area contributed by atoms with Gasteiger partial charge in [-0.2, -0.15) is 0 Å². The zero-order valence-electron chi connectivity index (χ0n) is 12.6. The van der Waals surface area contributed by atoms with Crippen LogP contribution in [0.1, 0.15) is 40.5 Å². The van der Waals surface area contributed by atoms with E-state index < -0.39 is 0 Å². The van der Waals surface area contributed by atoms with Crippen molar-refractivity contribution in [1.29, 1.82) is 0 Å². The van der Waals surface area contributed by atoms with Crippen LogP contribution in [0.25, 0.3) is 0 Å². The first-order chi connectivity index (χ1) is 9.57. The molecule has 0 saturated heterocycles. The van der Waals surface area contributed by atoms with Crippen molar-refractivity contribution in [3.63, 3.8) is 0 Å². The molecule has 5 heteroatoms. The van der Waals surface area contributed by atoms with E-state index in [-0.39, 0.29) is 17.6 Å². The van der Waals surface area contributed by atoms with Gasteiger partial charge in [0, 0.05) is 0 Å². The zero-order chi connectivity index (χ0) is 15.4. The van der Waals surface area contributed by atoms with Gasteiger partial charge >= 0.3 is 6.09 Å². The van der Waals surface area contributed by atoms with Crippen LogP contribution in [0, 0.1) is 0 Å². The molecule has 0 spiro atoms. The number of halogens is 1. The lowest BCUT2D eigenvalue weighted by Gasteiger charge is -2.29. The van der Waals surface area contributed by atoms with Crippen molar-refractivity contribution >= 4 is 36.2 Å². The quantitative estimate of drug-likeness (QED) is 0.332. The molecule has 1 N–H and O–H groups in total. The van der Waals surface area contributed by atoms with Crippen molar-refractivity contribution in [2.75, 3.05) is 6.61 Å². The third kappa shape index (κ3) is 7.38. The standard InChI is InChI=1S/C15H24INO2S/c1-5-9-11-13(10-6-2)12-19-14(18)17-15(7-3,8-4)20-16/h5-6,9-11H,7-8,12H2,1-4H3,(H,17,18)/b9-5-,10-6-,13-11+. The van der Waals surface area contributed by atoms with Gasteiger partial charge < -0.3 is 10.1 Å². The molecule has 0 atom stereocenters. The summed E-state index contributed by atoms with van der Waals surface area (Å²) in [5, 5.41) is 2.96. The smallest absolute Gasteiger partial charge is 0.408 e. The fraction of sp³-hybridized carbons (Fsp3) is 0.533. The highest BCUT2D eigenvalue weighted by atomic mass is 127. The van der Waals surface area contributed by atoms with Crippen LogP contribution in [0.3, 0.4) is 0 Å². The molecule has 114 valence electrons. The SMILES string of the molecule is C\C=C/C=C(\C=C/C)COC(=O)NC(CC)(CC)SI. The minimum Gasteiger partial charge on any atom is -0.445 e. The van der Waals surface area contributed by atoms with E-state index in [1.807, 2.05) is 44.2 Å². The van der Waals surface area contributed by atoms with Crippen LogP contribution >= 0.6 is 30.1 Å². The Balaban J connectivity index is 4.53. The molecule has 0 radical (unpaired) electrons. The lowest BCUT2D eigenvalue weighted by Crippen LogP contribution is -2.44. The first-order valence-electron chi connectivity index (χ1n) is 6.76. The molecule has 0 bridgehead atoms. The molecule has 1 amide bonds. The van der Waals surface area contributed by atoms with Crippen LogP contribution in [0.5, 0.6) is 0 Å². The van der Waals surface area contributed by atoms with Crippen molar-refractivity contribution in [2.24, 2.45) is 0 Å². The summed E-state index contributed by atoms with van der Waals surface area (Å²) in [5.74, 6) is 0. The average molecular weight is 409 g/mol. The highest BCUT2D eigenvalue weighted by Crippen LogP contribution is 2.35. The van der Waals surface area contributed by atoms with Gasteiger partial charge in [-0.15, -0.1) is 0 Å². The molecule has 0 heterocycles. The first-order valence-corrected chi connectivity index (χ1v) is 10.1. The van der Waals surface area contributed by atoms with Crippen LogP contribution in [-0.2, 0) is 4.74 Å². The fourth-order valence-corrected chi connectivity index (χ4v) is 4.05. The summed E-state index contributed by atoms with van der Waals surface area (Å²) in [4.78, 5) is 11.7. The van der Waals surface area contributed by atoms with E-state index in [1.165, 1.54) is 0 Å². The summed E-state index contributed by atoms with van der Waals surface area (Å²) in [6.07, 6.45) is 11.0. The Morgan fingerprint density at radius 3 is 2.40 bits per heavy atom. The van der Waals surface area contributed by atoms with Crippen molar-refractivity contribution in [3.8, 4) is 0 Å². The lowest BCUT2D eigenvalue weighted by atomic mass is 10.1. The summed E-state index contributed by atoms with van der Waals surface area (Å²) in [7, 11) is 1.62. The van der Waals surface area contributed by atoms with E-state index in [2.05, 4.69) is 40.4 Å². The van der Waals surface area contributed by atoms with E-state index in [9.17, 15) is 4.79 Å². The monoisotopic (exact) mass is 409 g/mol. The largest absolute Gasteiger partial charge is 0.445 e. The average Bonchev–Trinajstić information content (AvgIpc) is 2.47.